The molecule has 3 N–H and O–H groups in total. The number of allylic oxidation sites excluding steroid dienone is 2. The van der Waals surface area contributed by atoms with Crippen molar-refractivity contribution in [3.05, 3.63) is 61.2 Å². The number of esters is 1. The Hall–Kier alpha value is -2.93. The van der Waals surface area contributed by atoms with E-state index in [4.69, 9.17) is 9.84 Å². The smallest absolute Gasteiger partial charge is 0.309 e. The van der Waals surface area contributed by atoms with Crippen LogP contribution in [0, 0.1) is 17.3 Å². The van der Waals surface area contributed by atoms with Gasteiger partial charge in [0.25, 0.3) is 0 Å². The van der Waals surface area contributed by atoms with Crippen LogP contribution in [0.5, 0.6) is 0 Å². The number of amides is 2. The van der Waals surface area contributed by atoms with E-state index in [1.54, 1.807) is 19.1 Å². The molecule has 0 bridgehead atoms. The molecule has 0 aliphatic rings. The second-order valence-corrected chi connectivity index (χ2v) is 10.0. The molecule has 0 unspecified atom stereocenters. The molecule has 35 heavy (non-hydrogen) atoms. The van der Waals surface area contributed by atoms with Gasteiger partial charge in [-0.05, 0) is 37.2 Å². The molecule has 1 rings (SSSR count). The van der Waals surface area contributed by atoms with E-state index in [9.17, 15) is 14.4 Å². The fourth-order valence-electron chi connectivity index (χ4n) is 3.53. The van der Waals surface area contributed by atoms with Crippen molar-refractivity contribution in [1.82, 2.24) is 10.6 Å². The molecule has 1 aromatic carbocycles. The quantitative estimate of drug-likeness (QED) is 0.260. The summed E-state index contributed by atoms with van der Waals surface area (Å²) in [5.74, 6) is -1.94. The van der Waals surface area contributed by atoms with E-state index in [2.05, 4.69) is 23.8 Å². The van der Waals surface area contributed by atoms with Crippen molar-refractivity contribution in [2.75, 3.05) is 13.2 Å². The molecule has 0 spiro atoms. The van der Waals surface area contributed by atoms with Gasteiger partial charge in [0.15, 0.2) is 0 Å². The van der Waals surface area contributed by atoms with E-state index in [1.165, 1.54) is 0 Å². The molecule has 0 heterocycles. The van der Waals surface area contributed by atoms with E-state index in [1.807, 2.05) is 51.1 Å². The Morgan fingerprint density at radius 2 is 1.63 bits per heavy atom. The fourth-order valence-corrected chi connectivity index (χ4v) is 3.53. The third-order valence-corrected chi connectivity index (χ3v) is 5.80. The Labute approximate surface area is 210 Å². The van der Waals surface area contributed by atoms with Crippen LogP contribution in [-0.2, 0) is 25.5 Å². The highest BCUT2D eigenvalue weighted by molar-refractivity contribution is 5.86. The molecule has 0 fully saturated rings. The molecular weight excluding hydrogens is 444 g/mol. The van der Waals surface area contributed by atoms with Crippen LogP contribution < -0.4 is 10.6 Å². The fraction of sp³-hybridized carbons (Fsp3) is 0.536. The minimum atomic E-state index is -0.620. The highest BCUT2D eigenvalue weighted by Crippen LogP contribution is 2.22. The number of aliphatic hydroxyl groups is 1. The van der Waals surface area contributed by atoms with Gasteiger partial charge in [-0.3, -0.25) is 14.4 Å². The normalized spacial score (nSPS) is 14.7. The molecule has 0 aromatic heterocycles. The number of benzene rings is 1. The van der Waals surface area contributed by atoms with E-state index < -0.39 is 23.4 Å². The zero-order chi connectivity index (χ0) is 26.4. The highest BCUT2D eigenvalue weighted by Gasteiger charge is 2.31. The molecule has 0 aliphatic carbocycles. The number of ether oxygens (including phenoxy) is 1. The Morgan fingerprint density at radius 3 is 2.17 bits per heavy atom. The van der Waals surface area contributed by atoms with E-state index in [-0.39, 0.29) is 43.3 Å². The Morgan fingerprint density at radius 1 is 1.03 bits per heavy atom. The van der Waals surface area contributed by atoms with Gasteiger partial charge in [-0.15, -0.1) is 13.2 Å². The summed E-state index contributed by atoms with van der Waals surface area (Å²) in [5, 5.41) is 14.8. The van der Waals surface area contributed by atoms with Crippen molar-refractivity contribution in [1.29, 1.82) is 0 Å². The average molecular weight is 487 g/mol. The number of carbonyl (C=O) groups excluding carboxylic acids is 3. The van der Waals surface area contributed by atoms with Crippen LogP contribution in [0.15, 0.2) is 55.6 Å². The van der Waals surface area contributed by atoms with Crippen molar-refractivity contribution in [3.8, 4) is 0 Å². The van der Waals surface area contributed by atoms with Gasteiger partial charge in [0.1, 0.15) is 6.61 Å². The summed E-state index contributed by atoms with van der Waals surface area (Å²) in [6.45, 7) is 14.8. The lowest BCUT2D eigenvalue weighted by Crippen LogP contribution is -2.50. The van der Waals surface area contributed by atoms with Crippen LogP contribution in [-0.4, -0.2) is 48.2 Å². The minimum Gasteiger partial charge on any atom is -0.463 e. The maximum atomic E-state index is 13.1. The van der Waals surface area contributed by atoms with Crippen molar-refractivity contribution < 1.29 is 24.2 Å². The topological polar surface area (TPSA) is 105 Å². The Balaban J connectivity index is 2.84. The first-order valence-electron chi connectivity index (χ1n) is 12.1. The summed E-state index contributed by atoms with van der Waals surface area (Å²) in [7, 11) is 0. The molecule has 7 nitrogen and oxygen atoms in total. The highest BCUT2D eigenvalue weighted by atomic mass is 16.5. The zero-order valence-electron chi connectivity index (χ0n) is 21.6. The number of carbonyl (C=O) groups is 3. The first-order valence-corrected chi connectivity index (χ1v) is 12.1. The lowest BCUT2D eigenvalue weighted by atomic mass is 9.86. The minimum absolute atomic E-state index is 0.0189. The van der Waals surface area contributed by atoms with E-state index in [0.717, 1.165) is 5.56 Å². The van der Waals surface area contributed by atoms with Crippen molar-refractivity contribution in [3.63, 3.8) is 0 Å². The summed E-state index contributed by atoms with van der Waals surface area (Å²) >= 11 is 0. The first kappa shape index (κ1) is 30.1. The lowest BCUT2D eigenvalue weighted by Gasteiger charge is -2.32. The van der Waals surface area contributed by atoms with E-state index >= 15 is 0 Å². The average Bonchev–Trinajstić information content (AvgIpc) is 2.80. The van der Waals surface area contributed by atoms with Crippen LogP contribution in [0.4, 0.5) is 0 Å². The maximum absolute atomic E-state index is 13.1. The summed E-state index contributed by atoms with van der Waals surface area (Å²) in [4.78, 5) is 38.2. The molecule has 2 amide bonds. The van der Waals surface area contributed by atoms with Gasteiger partial charge in [0, 0.05) is 12.5 Å². The summed E-state index contributed by atoms with van der Waals surface area (Å²) in [6, 6.07) is 8.89. The van der Waals surface area contributed by atoms with Crippen LogP contribution in [0.3, 0.4) is 0 Å². The molecular formula is C28H42N2O5. The van der Waals surface area contributed by atoms with E-state index in [0.29, 0.717) is 19.3 Å². The number of hydrogen-bond donors (Lipinski definition) is 3. The van der Waals surface area contributed by atoms with Gasteiger partial charge in [0.05, 0.1) is 24.5 Å². The van der Waals surface area contributed by atoms with Gasteiger partial charge in [-0.2, -0.15) is 0 Å². The Kier molecular flexibility index (Phi) is 13.0. The summed E-state index contributed by atoms with van der Waals surface area (Å²) in [6.07, 6.45) is 4.63. The molecule has 0 saturated carbocycles. The van der Waals surface area contributed by atoms with Gasteiger partial charge in [-0.1, -0.05) is 63.3 Å². The summed E-state index contributed by atoms with van der Waals surface area (Å²) < 4.78 is 5.68. The second kappa shape index (κ2) is 15.1. The summed E-state index contributed by atoms with van der Waals surface area (Å²) in [5.41, 5.74) is 0.647. The maximum Gasteiger partial charge on any atom is 0.309 e. The Bertz CT molecular complexity index is 831. The van der Waals surface area contributed by atoms with Crippen LogP contribution in [0.25, 0.3) is 0 Å². The molecule has 4 atom stereocenters. The third kappa shape index (κ3) is 11.4. The van der Waals surface area contributed by atoms with Gasteiger partial charge in [0.2, 0.25) is 11.8 Å². The van der Waals surface area contributed by atoms with Crippen LogP contribution in [0.2, 0.25) is 0 Å². The second-order valence-electron chi connectivity index (χ2n) is 10.0. The van der Waals surface area contributed by atoms with Gasteiger partial charge in [-0.25, -0.2) is 0 Å². The number of nitrogens with one attached hydrogen (secondary N) is 2. The largest absolute Gasteiger partial charge is 0.463 e. The predicted molar refractivity (Wildman–Crippen MR) is 138 cm³/mol. The monoisotopic (exact) mass is 486 g/mol. The molecule has 0 saturated heterocycles. The number of hydrogen-bond acceptors (Lipinski definition) is 5. The molecule has 0 aliphatic heterocycles. The first-order chi connectivity index (χ1) is 16.5. The molecule has 194 valence electrons. The SMILES string of the molecule is C=CC[C@@H](CC(=O)N[C@@H](C)CO)C(=O)N[C@H](COC(=O)[C@@H](CC=C)Cc1ccccc1)C(C)(C)C. The molecule has 0 radical (unpaired) electrons. The van der Waals surface area contributed by atoms with Crippen LogP contribution >= 0.6 is 0 Å². The number of aliphatic hydroxyl groups excluding tert-OH is 1. The van der Waals surface area contributed by atoms with Crippen molar-refractivity contribution in [2.24, 2.45) is 17.3 Å². The van der Waals surface area contributed by atoms with Gasteiger partial charge < -0.3 is 20.5 Å². The van der Waals surface area contributed by atoms with Crippen molar-refractivity contribution >= 4 is 17.8 Å². The lowest BCUT2D eigenvalue weighted by molar-refractivity contribution is -0.150. The molecule has 1 aromatic rings. The molecule has 7 heteroatoms. The van der Waals surface area contributed by atoms with Crippen LogP contribution in [0.1, 0.15) is 52.5 Å². The third-order valence-electron chi connectivity index (χ3n) is 5.80. The van der Waals surface area contributed by atoms with Gasteiger partial charge >= 0.3 is 5.97 Å². The van der Waals surface area contributed by atoms with Crippen molar-refractivity contribution in [2.45, 2.75) is 65.5 Å². The number of rotatable bonds is 15. The zero-order valence-corrected chi connectivity index (χ0v) is 21.6. The predicted octanol–water partition coefficient (Wildman–Crippen LogP) is 3.57. The standard InChI is InChI=1S/C28H42N2O5/c1-7-12-22(17-25(32)29-20(3)18-31)26(33)30-24(28(4,5)6)19-35-27(34)23(13-8-2)16-21-14-10-9-11-15-21/h7-11,14-15,20,22-24,31H,1-2,12-13,16-19H2,3-6H3,(H,29,32)(H,30,33)/t20-,22-,23-,24+/m0/s1.